The standard InChI is InChI=1S/C19H23NO/c1-12-10-18(21-4)13(2)9-16(12)19(20-3)17-11-14-7-5-6-8-15(14)17/h5-10,17,19-20H,11H2,1-4H3. The van der Waals surface area contributed by atoms with Crippen molar-refractivity contribution in [2.75, 3.05) is 14.2 Å². The zero-order valence-electron chi connectivity index (χ0n) is 13.2. The average molecular weight is 281 g/mol. The predicted octanol–water partition coefficient (Wildman–Crippen LogP) is 3.91. The summed E-state index contributed by atoms with van der Waals surface area (Å²) in [5.41, 5.74) is 6.86. The Labute approximate surface area is 127 Å². The van der Waals surface area contributed by atoms with Gasteiger partial charge >= 0.3 is 0 Å². The number of hydrogen-bond donors (Lipinski definition) is 1. The van der Waals surface area contributed by atoms with Crippen molar-refractivity contribution in [1.29, 1.82) is 0 Å². The van der Waals surface area contributed by atoms with E-state index < -0.39 is 0 Å². The Morgan fingerprint density at radius 3 is 2.57 bits per heavy atom. The number of likely N-dealkylation sites (N-methyl/N-ethyl adjacent to an activating group) is 1. The smallest absolute Gasteiger partial charge is 0.122 e. The maximum absolute atomic E-state index is 5.43. The number of hydrogen-bond acceptors (Lipinski definition) is 2. The van der Waals surface area contributed by atoms with Crippen LogP contribution in [0.15, 0.2) is 36.4 Å². The maximum atomic E-state index is 5.43. The molecular weight excluding hydrogens is 258 g/mol. The minimum atomic E-state index is 0.365. The van der Waals surface area contributed by atoms with E-state index in [0.717, 1.165) is 12.2 Å². The van der Waals surface area contributed by atoms with Gasteiger partial charge in [0.05, 0.1) is 7.11 Å². The fourth-order valence-electron chi connectivity index (χ4n) is 3.54. The van der Waals surface area contributed by atoms with Crippen LogP contribution in [0, 0.1) is 13.8 Å². The van der Waals surface area contributed by atoms with Gasteiger partial charge < -0.3 is 10.1 Å². The Bertz CT molecular complexity index is 663. The molecule has 2 unspecified atom stereocenters. The van der Waals surface area contributed by atoms with Gasteiger partial charge in [0.1, 0.15) is 5.75 Å². The van der Waals surface area contributed by atoms with E-state index in [9.17, 15) is 0 Å². The van der Waals surface area contributed by atoms with Crippen molar-refractivity contribution in [1.82, 2.24) is 5.32 Å². The lowest BCUT2D eigenvalue weighted by Crippen LogP contribution is -2.31. The number of fused-ring (bicyclic) bond motifs is 1. The van der Waals surface area contributed by atoms with Crippen molar-refractivity contribution >= 4 is 0 Å². The second-order valence-electron chi connectivity index (χ2n) is 5.95. The van der Waals surface area contributed by atoms with Gasteiger partial charge in [-0.15, -0.1) is 0 Å². The van der Waals surface area contributed by atoms with Crippen LogP contribution in [0.4, 0.5) is 0 Å². The molecule has 0 aromatic heterocycles. The van der Waals surface area contributed by atoms with Crippen LogP contribution in [-0.4, -0.2) is 14.2 Å². The van der Waals surface area contributed by atoms with E-state index in [1.54, 1.807) is 7.11 Å². The van der Waals surface area contributed by atoms with Crippen LogP contribution in [0.3, 0.4) is 0 Å². The van der Waals surface area contributed by atoms with Crippen LogP contribution >= 0.6 is 0 Å². The van der Waals surface area contributed by atoms with Gasteiger partial charge in [-0.1, -0.05) is 30.3 Å². The lowest BCUT2D eigenvalue weighted by atomic mass is 9.71. The Kier molecular flexibility index (Phi) is 3.73. The van der Waals surface area contributed by atoms with Gasteiger partial charge in [-0.2, -0.15) is 0 Å². The molecule has 1 N–H and O–H groups in total. The molecule has 2 aromatic rings. The zero-order valence-corrected chi connectivity index (χ0v) is 13.2. The van der Waals surface area contributed by atoms with Crippen molar-refractivity contribution in [3.63, 3.8) is 0 Å². The summed E-state index contributed by atoms with van der Waals surface area (Å²) in [6, 6.07) is 13.6. The third-order valence-corrected chi connectivity index (χ3v) is 4.73. The summed E-state index contributed by atoms with van der Waals surface area (Å²) in [5, 5.41) is 3.53. The molecule has 110 valence electrons. The molecule has 21 heavy (non-hydrogen) atoms. The molecule has 2 aromatic carbocycles. The molecule has 0 aliphatic heterocycles. The summed E-state index contributed by atoms with van der Waals surface area (Å²) >= 11 is 0. The van der Waals surface area contributed by atoms with Crippen molar-refractivity contribution in [3.8, 4) is 5.75 Å². The van der Waals surface area contributed by atoms with Gasteiger partial charge in [-0.25, -0.2) is 0 Å². The largest absolute Gasteiger partial charge is 0.496 e. The molecule has 2 heteroatoms. The number of benzene rings is 2. The minimum Gasteiger partial charge on any atom is -0.496 e. The molecule has 0 saturated heterocycles. The van der Waals surface area contributed by atoms with Crippen LogP contribution in [0.5, 0.6) is 5.75 Å². The summed E-state index contributed by atoms with van der Waals surface area (Å²) in [4.78, 5) is 0. The number of rotatable bonds is 4. The summed E-state index contributed by atoms with van der Waals surface area (Å²) in [6.07, 6.45) is 1.16. The van der Waals surface area contributed by atoms with Gasteiger partial charge in [-0.05, 0) is 61.2 Å². The van der Waals surface area contributed by atoms with Crippen LogP contribution < -0.4 is 10.1 Å². The highest BCUT2D eigenvalue weighted by molar-refractivity contribution is 5.47. The summed E-state index contributed by atoms with van der Waals surface area (Å²) in [7, 11) is 3.80. The lowest BCUT2D eigenvalue weighted by molar-refractivity contribution is 0.408. The van der Waals surface area contributed by atoms with E-state index in [2.05, 4.69) is 62.6 Å². The highest BCUT2D eigenvalue weighted by atomic mass is 16.5. The number of aryl methyl sites for hydroxylation is 2. The van der Waals surface area contributed by atoms with Crippen LogP contribution in [0.25, 0.3) is 0 Å². The van der Waals surface area contributed by atoms with E-state index in [-0.39, 0.29) is 0 Å². The second kappa shape index (κ2) is 5.53. The van der Waals surface area contributed by atoms with Crippen molar-refractivity contribution in [2.24, 2.45) is 0 Å². The minimum absolute atomic E-state index is 0.365. The SMILES string of the molecule is CNC(c1cc(C)c(OC)cc1C)C1Cc2ccccc21. The molecule has 2 atom stereocenters. The number of ether oxygens (including phenoxy) is 1. The fourth-order valence-corrected chi connectivity index (χ4v) is 3.54. The topological polar surface area (TPSA) is 21.3 Å². The van der Waals surface area contributed by atoms with Crippen LogP contribution in [-0.2, 0) is 6.42 Å². The summed E-state index contributed by atoms with van der Waals surface area (Å²) < 4.78 is 5.43. The van der Waals surface area contributed by atoms with E-state index in [1.807, 2.05) is 0 Å². The molecular formula is C19H23NO. The lowest BCUT2D eigenvalue weighted by Gasteiger charge is -2.37. The number of nitrogens with one attached hydrogen (secondary N) is 1. The second-order valence-corrected chi connectivity index (χ2v) is 5.95. The third kappa shape index (κ3) is 2.34. The molecule has 3 rings (SSSR count). The first-order chi connectivity index (χ1) is 10.2. The molecule has 0 bridgehead atoms. The van der Waals surface area contributed by atoms with Gasteiger partial charge in [-0.3, -0.25) is 0 Å². The van der Waals surface area contributed by atoms with E-state index in [0.29, 0.717) is 12.0 Å². The van der Waals surface area contributed by atoms with Crippen molar-refractivity contribution in [2.45, 2.75) is 32.2 Å². The Morgan fingerprint density at radius 1 is 1.14 bits per heavy atom. The van der Waals surface area contributed by atoms with E-state index in [4.69, 9.17) is 4.74 Å². The normalized spacial score (nSPS) is 17.8. The highest BCUT2D eigenvalue weighted by Crippen LogP contribution is 2.44. The quantitative estimate of drug-likeness (QED) is 0.917. The molecule has 0 amide bonds. The predicted molar refractivity (Wildman–Crippen MR) is 87.2 cm³/mol. The maximum Gasteiger partial charge on any atom is 0.122 e. The molecule has 0 radical (unpaired) electrons. The first-order valence-electron chi connectivity index (χ1n) is 7.56. The molecule has 2 nitrogen and oxygen atoms in total. The third-order valence-electron chi connectivity index (χ3n) is 4.73. The fraction of sp³-hybridized carbons (Fsp3) is 0.368. The van der Waals surface area contributed by atoms with Crippen molar-refractivity contribution in [3.05, 3.63) is 64.2 Å². The van der Waals surface area contributed by atoms with Crippen molar-refractivity contribution < 1.29 is 4.74 Å². The molecule has 1 aliphatic rings. The first kappa shape index (κ1) is 14.2. The van der Waals surface area contributed by atoms with Crippen LogP contribution in [0.2, 0.25) is 0 Å². The zero-order chi connectivity index (χ0) is 15.0. The Morgan fingerprint density at radius 2 is 1.90 bits per heavy atom. The molecule has 0 spiro atoms. The van der Waals surface area contributed by atoms with E-state index >= 15 is 0 Å². The highest BCUT2D eigenvalue weighted by Gasteiger charge is 2.33. The summed E-state index contributed by atoms with van der Waals surface area (Å²) in [6.45, 7) is 4.29. The van der Waals surface area contributed by atoms with Gasteiger partial charge in [0.25, 0.3) is 0 Å². The molecule has 0 fully saturated rings. The Balaban J connectivity index is 1.97. The molecule has 1 aliphatic carbocycles. The molecule has 0 heterocycles. The summed E-state index contributed by atoms with van der Waals surface area (Å²) in [5.74, 6) is 1.54. The van der Waals surface area contributed by atoms with E-state index in [1.165, 1.54) is 27.8 Å². The van der Waals surface area contributed by atoms with Gasteiger partial charge in [0.15, 0.2) is 0 Å². The van der Waals surface area contributed by atoms with Gasteiger partial charge in [0.2, 0.25) is 0 Å². The molecule has 0 saturated carbocycles. The number of methoxy groups -OCH3 is 1. The monoisotopic (exact) mass is 281 g/mol. The average Bonchev–Trinajstić information content (AvgIpc) is 2.47. The first-order valence-corrected chi connectivity index (χ1v) is 7.56. The van der Waals surface area contributed by atoms with Crippen LogP contribution in [0.1, 0.15) is 39.8 Å². The van der Waals surface area contributed by atoms with Gasteiger partial charge in [0, 0.05) is 12.0 Å². The Hall–Kier alpha value is -1.80.